The maximum Gasteiger partial charge on any atom is 0.269 e. The summed E-state index contributed by atoms with van der Waals surface area (Å²) in [5.74, 6) is -0.452. The van der Waals surface area contributed by atoms with E-state index in [1.54, 1.807) is 12.1 Å². The van der Waals surface area contributed by atoms with Crippen molar-refractivity contribution in [3.8, 4) is 5.75 Å². The van der Waals surface area contributed by atoms with E-state index in [0.717, 1.165) is 5.56 Å². The molecule has 0 saturated heterocycles. The Kier molecular flexibility index (Phi) is 5.80. The van der Waals surface area contributed by atoms with Gasteiger partial charge in [0.25, 0.3) is 5.69 Å². The minimum absolute atomic E-state index is 0.0172. The second kappa shape index (κ2) is 8.02. The number of phenols is 1. The lowest BCUT2D eigenvalue weighted by atomic mass is 10.2. The summed E-state index contributed by atoms with van der Waals surface area (Å²) in [5.41, 5.74) is 1.93. The van der Waals surface area contributed by atoms with Crippen LogP contribution in [-0.2, 0) is 4.79 Å². The summed E-state index contributed by atoms with van der Waals surface area (Å²) < 4.78 is 0. The van der Waals surface area contributed by atoms with Gasteiger partial charge in [-0.25, -0.2) is 0 Å². The lowest BCUT2D eigenvalue weighted by Gasteiger charge is -2.10. The average Bonchev–Trinajstić information content (AvgIpc) is 2.56. The first-order valence-corrected chi connectivity index (χ1v) is 7.60. The lowest BCUT2D eigenvalue weighted by Crippen LogP contribution is -2.32. The molecule has 0 aliphatic carbocycles. The number of amides is 1. The van der Waals surface area contributed by atoms with Crippen LogP contribution in [0.5, 0.6) is 5.75 Å². The highest BCUT2D eigenvalue weighted by Crippen LogP contribution is 2.23. The highest BCUT2D eigenvalue weighted by molar-refractivity contribution is 7.80. The minimum Gasteiger partial charge on any atom is -0.506 e. The second-order valence-electron chi connectivity index (χ2n) is 5.15. The predicted molar refractivity (Wildman–Crippen MR) is 99.3 cm³/mol. The fourth-order valence-electron chi connectivity index (χ4n) is 1.94. The molecule has 0 saturated carbocycles. The van der Waals surface area contributed by atoms with Gasteiger partial charge in [-0.15, -0.1) is 0 Å². The molecule has 8 heteroatoms. The normalized spacial score (nSPS) is 10.4. The number of nitrogens with one attached hydrogen (secondary N) is 2. The number of thiocarbonyl (C=S) groups is 1. The van der Waals surface area contributed by atoms with E-state index >= 15 is 0 Å². The number of carbonyl (C=O) groups excluding carboxylic acids is 1. The maximum absolute atomic E-state index is 11.8. The molecule has 0 aliphatic heterocycles. The molecular formula is C17H15N3O4S. The number of nitro benzene ring substituents is 1. The number of aryl methyl sites for hydroxylation is 1. The Balaban J connectivity index is 1.93. The average molecular weight is 357 g/mol. The van der Waals surface area contributed by atoms with Gasteiger partial charge in [0.2, 0.25) is 5.91 Å². The highest BCUT2D eigenvalue weighted by atomic mass is 32.1. The van der Waals surface area contributed by atoms with Gasteiger partial charge in [-0.05, 0) is 60.6 Å². The molecule has 0 bridgehead atoms. The largest absolute Gasteiger partial charge is 0.506 e. The van der Waals surface area contributed by atoms with Gasteiger partial charge in [0, 0.05) is 18.2 Å². The van der Waals surface area contributed by atoms with Crippen LogP contribution in [0.1, 0.15) is 11.1 Å². The summed E-state index contributed by atoms with van der Waals surface area (Å²) in [4.78, 5) is 21.9. The van der Waals surface area contributed by atoms with Crippen LogP contribution in [0.4, 0.5) is 11.4 Å². The summed E-state index contributed by atoms with van der Waals surface area (Å²) in [7, 11) is 0. The Labute approximate surface area is 149 Å². The van der Waals surface area contributed by atoms with Crippen molar-refractivity contribution in [2.75, 3.05) is 5.32 Å². The minimum atomic E-state index is -0.495. The molecule has 1 amide bonds. The van der Waals surface area contributed by atoms with Crippen molar-refractivity contribution in [3.63, 3.8) is 0 Å². The number of anilines is 1. The van der Waals surface area contributed by atoms with Gasteiger partial charge >= 0.3 is 0 Å². The van der Waals surface area contributed by atoms with Crippen LogP contribution in [0.2, 0.25) is 0 Å². The maximum atomic E-state index is 11.8. The Bertz CT molecular complexity index is 847. The molecule has 0 spiro atoms. The standard InChI is InChI=1S/C17H15N3O4S/c1-11-2-8-15(21)14(10-11)18-17(25)19-16(22)9-5-12-3-6-13(7-4-12)20(23)24/h2-10,21H,1H3,(H2,18,19,22,25)/b9-5+. The van der Waals surface area contributed by atoms with E-state index in [4.69, 9.17) is 12.2 Å². The molecule has 0 heterocycles. The molecule has 7 nitrogen and oxygen atoms in total. The fourth-order valence-corrected chi connectivity index (χ4v) is 2.15. The number of non-ortho nitro benzene ring substituents is 1. The van der Waals surface area contributed by atoms with Crippen molar-refractivity contribution >= 4 is 40.7 Å². The zero-order chi connectivity index (χ0) is 18.4. The van der Waals surface area contributed by atoms with Crippen LogP contribution < -0.4 is 10.6 Å². The molecule has 128 valence electrons. The first-order chi connectivity index (χ1) is 11.8. The number of hydrogen-bond acceptors (Lipinski definition) is 5. The van der Waals surface area contributed by atoms with Gasteiger partial charge in [0.1, 0.15) is 5.75 Å². The van der Waals surface area contributed by atoms with Crippen molar-refractivity contribution in [2.24, 2.45) is 0 Å². The molecule has 0 unspecified atom stereocenters. The zero-order valence-corrected chi connectivity index (χ0v) is 14.0. The Morgan fingerprint density at radius 2 is 1.92 bits per heavy atom. The van der Waals surface area contributed by atoms with Crippen molar-refractivity contribution in [1.29, 1.82) is 0 Å². The predicted octanol–water partition coefficient (Wildman–Crippen LogP) is 3.14. The van der Waals surface area contributed by atoms with Crippen LogP contribution >= 0.6 is 12.2 Å². The van der Waals surface area contributed by atoms with Crippen LogP contribution in [0.15, 0.2) is 48.5 Å². The summed E-state index contributed by atoms with van der Waals surface area (Å²) in [6.07, 6.45) is 2.76. The van der Waals surface area contributed by atoms with Crippen LogP contribution in [0.25, 0.3) is 6.08 Å². The number of aromatic hydroxyl groups is 1. The van der Waals surface area contributed by atoms with E-state index in [-0.39, 0.29) is 16.5 Å². The number of benzene rings is 2. The van der Waals surface area contributed by atoms with Crippen molar-refractivity contribution in [3.05, 3.63) is 69.8 Å². The number of phenolic OH excluding ortho intramolecular Hbond substituents is 1. The molecule has 2 aromatic rings. The molecule has 0 atom stereocenters. The third kappa shape index (κ3) is 5.40. The van der Waals surface area contributed by atoms with Crippen LogP contribution in [0.3, 0.4) is 0 Å². The summed E-state index contributed by atoms with van der Waals surface area (Å²) in [5, 5.41) is 25.5. The Hall–Kier alpha value is -3.26. The molecule has 0 aliphatic rings. The molecule has 2 rings (SSSR count). The van der Waals surface area contributed by atoms with E-state index in [2.05, 4.69) is 10.6 Å². The number of nitrogens with zero attached hydrogens (tertiary/aromatic N) is 1. The van der Waals surface area contributed by atoms with E-state index in [1.165, 1.54) is 42.5 Å². The molecule has 3 N–H and O–H groups in total. The van der Waals surface area contributed by atoms with Gasteiger partial charge in [-0.1, -0.05) is 6.07 Å². The SMILES string of the molecule is Cc1ccc(O)c(NC(=S)NC(=O)/C=C/c2ccc([N+](=O)[O-])cc2)c1. The number of hydrogen-bond donors (Lipinski definition) is 3. The number of carbonyl (C=O) groups is 1. The summed E-state index contributed by atoms with van der Waals surface area (Å²) in [6.45, 7) is 1.86. The molecule has 0 fully saturated rings. The van der Waals surface area contributed by atoms with E-state index in [9.17, 15) is 20.0 Å². The second-order valence-corrected chi connectivity index (χ2v) is 5.55. The third-order valence-electron chi connectivity index (χ3n) is 3.17. The quantitative estimate of drug-likeness (QED) is 0.255. The highest BCUT2D eigenvalue weighted by Gasteiger charge is 2.06. The molecular weight excluding hydrogens is 342 g/mol. The van der Waals surface area contributed by atoms with Crippen LogP contribution in [0, 0.1) is 17.0 Å². The Morgan fingerprint density at radius 1 is 1.24 bits per heavy atom. The monoisotopic (exact) mass is 357 g/mol. The third-order valence-corrected chi connectivity index (χ3v) is 3.37. The molecule has 25 heavy (non-hydrogen) atoms. The van der Waals surface area contributed by atoms with E-state index < -0.39 is 10.8 Å². The van der Waals surface area contributed by atoms with Crippen LogP contribution in [-0.4, -0.2) is 21.0 Å². The lowest BCUT2D eigenvalue weighted by molar-refractivity contribution is -0.384. The van der Waals surface area contributed by atoms with E-state index in [0.29, 0.717) is 11.3 Å². The smallest absolute Gasteiger partial charge is 0.269 e. The Morgan fingerprint density at radius 3 is 2.56 bits per heavy atom. The van der Waals surface area contributed by atoms with E-state index in [1.807, 2.05) is 6.92 Å². The topological polar surface area (TPSA) is 104 Å². The van der Waals surface area contributed by atoms with Crippen molar-refractivity contribution < 1.29 is 14.8 Å². The van der Waals surface area contributed by atoms with Gasteiger partial charge < -0.3 is 10.4 Å². The number of rotatable bonds is 4. The number of nitro groups is 1. The summed E-state index contributed by atoms with van der Waals surface area (Å²) in [6, 6.07) is 10.7. The zero-order valence-electron chi connectivity index (χ0n) is 13.2. The van der Waals surface area contributed by atoms with Gasteiger partial charge in [-0.2, -0.15) is 0 Å². The molecule has 0 aromatic heterocycles. The van der Waals surface area contributed by atoms with Gasteiger partial charge in [0.15, 0.2) is 5.11 Å². The van der Waals surface area contributed by atoms with Gasteiger partial charge in [-0.3, -0.25) is 20.2 Å². The van der Waals surface area contributed by atoms with Crippen molar-refractivity contribution in [2.45, 2.75) is 6.92 Å². The van der Waals surface area contributed by atoms with Crippen molar-refractivity contribution in [1.82, 2.24) is 5.32 Å². The first kappa shape index (κ1) is 18.1. The first-order valence-electron chi connectivity index (χ1n) is 7.19. The fraction of sp³-hybridized carbons (Fsp3) is 0.0588. The molecule has 2 aromatic carbocycles. The van der Waals surface area contributed by atoms with Gasteiger partial charge in [0.05, 0.1) is 10.6 Å². The summed E-state index contributed by atoms with van der Waals surface area (Å²) >= 11 is 5.03. The molecule has 0 radical (unpaired) electrons.